The second-order valence-electron chi connectivity index (χ2n) is 4.01. The molecule has 2 amide bonds. The van der Waals surface area contributed by atoms with E-state index in [2.05, 4.69) is 15.4 Å². The average molecular weight is 272 g/mol. The van der Waals surface area contributed by atoms with Crippen LogP contribution in [0.2, 0.25) is 0 Å². The van der Waals surface area contributed by atoms with Crippen LogP contribution in [0.1, 0.15) is 26.7 Å². The summed E-state index contributed by atoms with van der Waals surface area (Å²) in [6.45, 7) is 1.13. The maximum atomic E-state index is 12.0. The number of anilines is 1. The highest BCUT2D eigenvalue weighted by Crippen LogP contribution is 2.17. The fraction of sp³-hybridized carbons (Fsp3) is 0.462. The molecule has 0 aliphatic rings. The molecule has 6 heteroatoms. The first kappa shape index (κ1) is 15.2. The van der Waals surface area contributed by atoms with Crippen molar-refractivity contribution in [2.24, 2.45) is 0 Å². The van der Waals surface area contributed by atoms with Crippen LogP contribution >= 0.6 is 0 Å². The lowest BCUT2D eigenvalue weighted by atomic mass is 10.2. The van der Waals surface area contributed by atoms with E-state index in [-0.39, 0.29) is 17.8 Å². The van der Waals surface area contributed by atoms with Crippen LogP contribution in [0.4, 0.5) is 19.3 Å². The summed E-state index contributed by atoms with van der Waals surface area (Å²) >= 11 is 0. The number of nitrogens with one attached hydrogen (secondary N) is 2. The lowest BCUT2D eigenvalue weighted by molar-refractivity contribution is -0.0498. The molecule has 0 saturated carbocycles. The van der Waals surface area contributed by atoms with Crippen molar-refractivity contribution in [3.05, 3.63) is 24.3 Å². The molecule has 0 spiro atoms. The van der Waals surface area contributed by atoms with Crippen molar-refractivity contribution < 1.29 is 18.3 Å². The van der Waals surface area contributed by atoms with E-state index in [0.717, 1.165) is 12.8 Å². The molecule has 1 aromatic carbocycles. The summed E-state index contributed by atoms with van der Waals surface area (Å²) in [5.74, 6) is 0.0564. The number of halogens is 2. The Kier molecular flexibility index (Phi) is 6.05. The topological polar surface area (TPSA) is 50.4 Å². The fourth-order valence-electron chi connectivity index (χ4n) is 1.57. The molecule has 0 aromatic heterocycles. The van der Waals surface area contributed by atoms with Crippen molar-refractivity contribution in [2.75, 3.05) is 5.32 Å². The van der Waals surface area contributed by atoms with Gasteiger partial charge >= 0.3 is 12.6 Å². The van der Waals surface area contributed by atoms with Gasteiger partial charge < -0.3 is 15.4 Å². The zero-order chi connectivity index (χ0) is 14.3. The monoisotopic (exact) mass is 272 g/mol. The zero-order valence-corrected chi connectivity index (χ0v) is 11.0. The summed E-state index contributed by atoms with van der Waals surface area (Å²) in [6, 6.07) is 5.57. The number of hydrogen-bond acceptors (Lipinski definition) is 2. The predicted octanol–water partition coefficient (Wildman–Crippen LogP) is 3.60. The molecule has 0 bridgehead atoms. The number of amides is 2. The van der Waals surface area contributed by atoms with Crippen LogP contribution in [-0.4, -0.2) is 18.7 Å². The highest BCUT2D eigenvalue weighted by Gasteiger charge is 2.08. The maximum Gasteiger partial charge on any atom is 0.387 e. The van der Waals surface area contributed by atoms with Gasteiger partial charge in [-0.2, -0.15) is 8.78 Å². The molecular formula is C13H18F2N2O2. The summed E-state index contributed by atoms with van der Waals surface area (Å²) in [5.41, 5.74) is 0.519. The van der Waals surface area contributed by atoms with Gasteiger partial charge in [-0.25, -0.2) is 4.79 Å². The number of urea groups is 1. The second kappa shape index (κ2) is 7.56. The molecule has 0 atom stereocenters. The van der Waals surface area contributed by atoms with Gasteiger partial charge in [-0.05, 0) is 37.1 Å². The zero-order valence-electron chi connectivity index (χ0n) is 11.0. The van der Waals surface area contributed by atoms with Crippen molar-refractivity contribution in [3.63, 3.8) is 0 Å². The average Bonchev–Trinajstić information content (AvgIpc) is 2.37. The van der Waals surface area contributed by atoms with Crippen LogP contribution < -0.4 is 15.4 Å². The Morgan fingerprint density at radius 3 is 2.26 bits per heavy atom. The molecular weight excluding hydrogens is 254 g/mol. The first-order valence-corrected chi connectivity index (χ1v) is 6.17. The largest absolute Gasteiger partial charge is 0.435 e. The lowest BCUT2D eigenvalue weighted by Gasteiger charge is -2.15. The first-order valence-electron chi connectivity index (χ1n) is 6.17. The van der Waals surface area contributed by atoms with E-state index in [4.69, 9.17) is 0 Å². The second-order valence-corrected chi connectivity index (χ2v) is 4.01. The summed E-state index contributed by atoms with van der Waals surface area (Å²) in [5, 5.41) is 5.44. The molecule has 0 radical (unpaired) electrons. The first-order chi connectivity index (χ1) is 9.05. The van der Waals surface area contributed by atoms with Crippen molar-refractivity contribution >= 4 is 11.7 Å². The number of benzene rings is 1. The lowest BCUT2D eigenvalue weighted by Crippen LogP contribution is -2.37. The van der Waals surface area contributed by atoms with Crippen LogP contribution in [0.5, 0.6) is 5.75 Å². The van der Waals surface area contributed by atoms with Gasteiger partial charge in [0.05, 0.1) is 0 Å². The van der Waals surface area contributed by atoms with Gasteiger partial charge in [0, 0.05) is 11.7 Å². The van der Waals surface area contributed by atoms with E-state index in [1.165, 1.54) is 24.3 Å². The Bertz CT molecular complexity index is 392. The van der Waals surface area contributed by atoms with Crippen LogP contribution in [0, 0.1) is 0 Å². The molecule has 106 valence electrons. The van der Waals surface area contributed by atoms with Gasteiger partial charge in [0.1, 0.15) is 5.75 Å². The minimum atomic E-state index is -2.85. The normalized spacial score (nSPS) is 10.6. The molecule has 0 aliphatic heterocycles. The molecule has 0 aliphatic carbocycles. The summed E-state index contributed by atoms with van der Waals surface area (Å²) in [4.78, 5) is 11.6. The van der Waals surface area contributed by atoms with Crippen molar-refractivity contribution in [1.82, 2.24) is 5.32 Å². The Morgan fingerprint density at radius 1 is 1.21 bits per heavy atom. The van der Waals surface area contributed by atoms with Crippen LogP contribution in [0.3, 0.4) is 0 Å². The summed E-state index contributed by atoms with van der Waals surface area (Å²) in [7, 11) is 0. The molecule has 0 saturated heterocycles. The molecule has 19 heavy (non-hydrogen) atoms. The minimum Gasteiger partial charge on any atom is -0.435 e. The molecule has 0 unspecified atom stereocenters. The Balaban J connectivity index is 2.50. The number of hydrogen-bond donors (Lipinski definition) is 2. The standard InChI is InChI=1S/C13H18F2N2O2/c1-3-9(4-2)16-13(18)17-10-5-7-11(8-6-10)19-12(14)15/h5-9,12H,3-4H2,1-2H3,(H2,16,17,18). The highest BCUT2D eigenvalue weighted by atomic mass is 19.3. The fourth-order valence-corrected chi connectivity index (χ4v) is 1.57. The molecule has 4 nitrogen and oxygen atoms in total. The van der Waals surface area contributed by atoms with Crippen LogP contribution in [-0.2, 0) is 0 Å². The molecule has 0 heterocycles. The van der Waals surface area contributed by atoms with E-state index >= 15 is 0 Å². The van der Waals surface area contributed by atoms with Crippen molar-refractivity contribution in [3.8, 4) is 5.75 Å². The third-order valence-electron chi connectivity index (χ3n) is 2.66. The molecule has 1 aromatic rings. The number of carbonyl (C=O) groups is 1. The number of alkyl halides is 2. The summed E-state index contributed by atoms with van der Waals surface area (Å²) < 4.78 is 28.1. The Morgan fingerprint density at radius 2 is 1.79 bits per heavy atom. The SMILES string of the molecule is CCC(CC)NC(=O)Nc1ccc(OC(F)F)cc1. The van der Waals surface area contributed by atoms with Gasteiger partial charge in [-0.3, -0.25) is 0 Å². The van der Waals surface area contributed by atoms with Crippen LogP contribution in [0.25, 0.3) is 0 Å². The van der Waals surface area contributed by atoms with Gasteiger partial charge in [0.15, 0.2) is 0 Å². The predicted molar refractivity (Wildman–Crippen MR) is 69.6 cm³/mol. The van der Waals surface area contributed by atoms with Gasteiger partial charge in [-0.1, -0.05) is 13.8 Å². The maximum absolute atomic E-state index is 12.0. The van der Waals surface area contributed by atoms with Gasteiger partial charge in [-0.15, -0.1) is 0 Å². The Labute approximate surface area is 111 Å². The quantitative estimate of drug-likeness (QED) is 0.831. The molecule has 0 fully saturated rings. The van der Waals surface area contributed by atoms with Gasteiger partial charge in [0.25, 0.3) is 0 Å². The Hall–Kier alpha value is -1.85. The van der Waals surface area contributed by atoms with E-state index in [9.17, 15) is 13.6 Å². The van der Waals surface area contributed by atoms with E-state index in [0.29, 0.717) is 5.69 Å². The third-order valence-corrected chi connectivity index (χ3v) is 2.66. The minimum absolute atomic E-state index is 0.0564. The number of rotatable bonds is 6. The molecule has 1 rings (SSSR count). The summed E-state index contributed by atoms with van der Waals surface area (Å²) in [6.07, 6.45) is 1.70. The smallest absolute Gasteiger partial charge is 0.387 e. The van der Waals surface area contributed by atoms with Crippen molar-refractivity contribution in [1.29, 1.82) is 0 Å². The van der Waals surface area contributed by atoms with E-state index in [1.807, 2.05) is 13.8 Å². The number of ether oxygens (including phenoxy) is 1. The van der Waals surface area contributed by atoms with Gasteiger partial charge in [0.2, 0.25) is 0 Å². The van der Waals surface area contributed by atoms with E-state index < -0.39 is 6.61 Å². The number of carbonyl (C=O) groups excluding carboxylic acids is 1. The third kappa shape index (κ3) is 5.54. The molecule has 2 N–H and O–H groups in total. The van der Waals surface area contributed by atoms with E-state index in [1.54, 1.807) is 0 Å². The van der Waals surface area contributed by atoms with Crippen molar-refractivity contribution in [2.45, 2.75) is 39.3 Å². The van der Waals surface area contributed by atoms with Crippen LogP contribution in [0.15, 0.2) is 24.3 Å². The highest BCUT2D eigenvalue weighted by molar-refractivity contribution is 5.89.